The summed E-state index contributed by atoms with van der Waals surface area (Å²) in [5.41, 5.74) is 1.30. The molecule has 3 fully saturated rings. The summed E-state index contributed by atoms with van der Waals surface area (Å²) in [6.07, 6.45) is 5.42. The number of aryl methyl sites for hydroxylation is 1. The van der Waals surface area contributed by atoms with E-state index in [0.29, 0.717) is 36.9 Å². The predicted octanol–water partition coefficient (Wildman–Crippen LogP) is 3.10. The van der Waals surface area contributed by atoms with Gasteiger partial charge in [-0.3, -0.25) is 24.0 Å². The third-order valence-corrected chi connectivity index (χ3v) is 9.96. The molecule has 15 heteroatoms. The maximum atomic E-state index is 13.8. The predicted molar refractivity (Wildman–Crippen MR) is 194 cm³/mol. The molecule has 3 aliphatic rings. The van der Waals surface area contributed by atoms with Crippen molar-refractivity contribution in [3.05, 3.63) is 35.5 Å². The van der Waals surface area contributed by atoms with Gasteiger partial charge < -0.3 is 39.5 Å². The Bertz CT molecular complexity index is 1660. The van der Waals surface area contributed by atoms with E-state index in [9.17, 15) is 28.8 Å². The quantitative estimate of drug-likeness (QED) is 0.204. The molecule has 15 nitrogen and oxygen atoms in total. The van der Waals surface area contributed by atoms with E-state index in [1.165, 1.54) is 6.07 Å². The van der Waals surface area contributed by atoms with E-state index in [1.807, 2.05) is 19.9 Å². The van der Waals surface area contributed by atoms with E-state index in [1.54, 1.807) is 33.8 Å². The molecule has 3 heterocycles. The van der Waals surface area contributed by atoms with E-state index in [0.717, 1.165) is 37.7 Å². The average molecular weight is 737 g/mol. The van der Waals surface area contributed by atoms with E-state index < -0.39 is 36.0 Å². The number of fused-ring (bicyclic) bond motifs is 1. The second-order valence-corrected chi connectivity index (χ2v) is 13.8. The van der Waals surface area contributed by atoms with Crippen LogP contribution in [0, 0.1) is 6.92 Å². The molecule has 1 aromatic heterocycles. The number of ether oxygens (including phenoxy) is 3. The lowest BCUT2D eigenvalue weighted by Gasteiger charge is -2.36. The molecule has 2 aliphatic heterocycles. The molecule has 53 heavy (non-hydrogen) atoms. The number of likely N-dealkylation sites (tertiary alicyclic amines) is 1. The van der Waals surface area contributed by atoms with Crippen LogP contribution in [0.25, 0.3) is 10.9 Å². The molecule has 2 N–H and O–H groups in total. The Morgan fingerprint density at radius 3 is 2.38 bits per heavy atom. The third-order valence-electron chi connectivity index (χ3n) is 9.96. The number of nitrogens with one attached hydrogen (secondary N) is 2. The highest BCUT2D eigenvalue weighted by atomic mass is 16.6. The van der Waals surface area contributed by atoms with Gasteiger partial charge in [-0.2, -0.15) is 0 Å². The minimum Gasteiger partial charge on any atom is -0.483 e. The summed E-state index contributed by atoms with van der Waals surface area (Å²) in [6.45, 7) is 7.19. The van der Waals surface area contributed by atoms with Gasteiger partial charge in [0.25, 0.3) is 11.8 Å². The number of esters is 1. The highest BCUT2D eigenvalue weighted by Gasteiger charge is 2.36. The summed E-state index contributed by atoms with van der Waals surface area (Å²) in [7, 11) is 0. The van der Waals surface area contributed by atoms with Crippen molar-refractivity contribution in [3.8, 4) is 5.75 Å². The summed E-state index contributed by atoms with van der Waals surface area (Å²) < 4.78 is 16.4. The van der Waals surface area contributed by atoms with Gasteiger partial charge in [-0.15, -0.1) is 0 Å². The molecule has 0 spiro atoms. The molecule has 0 bridgehead atoms. The van der Waals surface area contributed by atoms with E-state index in [2.05, 4.69) is 15.6 Å². The number of hydrogen-bond acceptors (Lipinski definition) is 10. The van der Waals surface area contributed by atoms with Crippen LogP contribution >= 0.6 is 0 Å². The number of carbonyl (C=O) groups is 6. The SMILES string of the molecule is CCCCOC(=O)N1CCN(C(=O)[C@H](CCC(=O)OCC)NC(=O)c2cc(OCC(=O)N3CCC[C@H]3C(=O)NC3CCC3)c3ccc(C)cc3n2)CC1. The van der Waals surface area contributed by atoms with E-state index >= 15 is 0 Å². The number of nitrogens with zero attached hydrogens (tertiary/aromatic N) is 4. The van der Waals surface area contributed by atoms with Crippen LogP contribution in [0.4, 0.5) is 4.79 Å². The van der Waals surface area contributed by atoms with Crippen molar-refractivity contribution < 1.29 is 43.0 Å². The van der Waals surface area contributed by atoms with Crippen molar-refractivity contribution in [2.45, 2.75) is 96.7 Å². The maximum absolute atomic E-state index is 13.8. The topological polar surface area (TPSA) is 177 Å². The van der Waals surface area contributed by atoms with Crippen LogP contribution in [-0.2, 0) is 28.7 Å². The van der Waals surface area contributed by atoms with Gasteiger partial charge in [0.15, 0.2) is 6.61 Å². The monoisotopic (exact) mass is 736 g/mol. The summed E-state index contributed by atoms with van der Waals surface area (Å²) in [5, 5.41) is 6.41. The van der Waals surface area contributed by atoms with Gasteiger partial charge >= 0.3 is 12.1 Å². The molecule has 1 aliphatic carbocycles. The number of piperazine rings is 1. The molecule has 5 rings (SSSR count). The zero-order valence-corrected chi connectivity index (χ0v) is 31.0. The van der Waals surface area contributed by atoms with Crippen molar-refractivity contribution in [2.24, 2.45) is 0 Å². The Kier molecular flexibility index (Phi) is 13.9. The molecule has 2 saturated heterocycles. The van der Waals surface area contributed by atoms with Gasteiger partial charge in [-0.1, -0.05) is 19.4 Å². The average Bonchev–Trinajstić information content (AvgIpc) is 3.64. The number of pyridine rings is 1. The number of rotatable bonds is 15. The highest BCUT2D eigenvalue weighted by molar-refractivity contribution is 5.99. The fourth-order valence-corrected chi connectivity index (χ4v) is 6.66. The van der Waals surface area contributed by atoms with Crippen molar-refractivity contribution in [3.63, 3.8) is 0 Å². The third kappa shape index (κ3) is 10.4. The summed E-state index contributed by atoms with van der Waals surface area (Å²) >= 11 is 0. The minimum absolute atomic E-state index is 0.0153. The lowest BCUT2D eigenvalue weighted by Crippen LogP contribution is -2.56. The number of hydrogen-bond donors (Lipinski definition) is 2. The fourth-order valence-electron chi connectivity index (χ4n) is 6.66. The van der Waals surface area contributed by atoms with Gasteiger partial charge in [-0.25, -0.2) is 9.78 Å². The Balaban J connectivity index is 1.28. The summed E-state index contributed by atoms with van der Waals surface area (Å²) in [5.74, 6) is -1.79. The summed E-state index contributed by atoms with van der Waals surface area (Å²) in [6, 6.07) is 5.43. The van der Waals surface area contributed by atoms with Gasteiger partial charge in [0.2, 0.25) is 11.8 Å². The van der Waals surface area contributed by atoms with Gasteiger partial charge in [0.05, 0.1) is 18.7 Å². The molecule has 1 saturated carbocycles. The van der Waals surface area contributed by atoms with Crippen molar-refractivity contribution >= 4 is 46.6 Å². The summed E-state index contributed by atoms with van der Waals surface area (Å²) in [4.78, 5) is 87.9. The Hall–Kier alpha value is -4.95. The Morgan fingerprint density at radius 2 is 1.68 bits per heavy atom. The second kappa shape index (κ2) is 18.7. The number of aromatic nitrogens is 1. The first kappa shape index (κ1) is 39.3. The first-order chi connectivity index (χ1) is 25.6. The zero-order valence-electron chi connectivity index (χ0n) is 31.0. The van der Waals surface area contributed by atoms with Gasteiger partial charge in [0.1, 0.15) is 23.5 Å². The lowest BCUT2D eigenvalue weighted by molar-refractivity contribution is -0.143. The van der Waals surface area contributed by atoms with Crippen molar-refractivity contribution in [1.82, 2.24) is 30.3 Å². The molecule has 1 aromatic carbocycles. The van der Waals surface area contributed by atoms with Crippen LogP contribution in [0.15, 0.2) is 24.3 Å². The smallest absolute Gasteiger partial charge is 0.409 e. The first-order valence-electron chi connectivity index (χ1n) is 18.9. The van der Waals surface area contributed by atoms with Crippen LogP contribution in [-0.4, -0.2) is 126 Å². The molecule has 2 aromatic rings. The minimum atomic E-state index is -1.09. The van der Waals surface area contributed by atoms with Crippen LogP contribution < -0.4 is 15.4 Å². The molecule has 5 amide bonds. The van der Waals surface area contributed by atoms with Gasteiger partial charge in [0, 0.05) is 56.6 Å². The number of unbranched alkanes of at least 4 members (excludes halogenated alkanes) is 1. The van der Waals surface area contributed by atoms with E-state index in [4.69, 9.17) is 14.2 Å². The molecular formula is C38H52N6O9. The van der Waals surface area contributed by atoms with Crippen LogP contribution in [0.2, 0.25) is 0 Å². The normalized spacial score (nSPS) is 17.9. The number of benzene rings is 1. The van der Waals surface area contributed by atoms with Crippen LogP contribution in [0.5, 0.6) is 5.75 Å². The van der Waals surface area contributed by atoms with Crippen LogP contribution in [0.3, 0.4) is 0 Å². The van der Waals surface area contributed by atoms with Crippen LogP contribution in [0.1, 0.15) is 87.7 Å². The molecule has 288 valence electrons. The van der Waals surface area contributed by atoms with E-state index in [-0.39, 0.29) is 81.5 Å². The molecular weight excluding hydrogens is 684 g/mol. The highest BCUT2D eigenvalue weighted by Crippen LogP contribution is 2.28. The largest absolute Gasteiger partial charge is 0.483 e. The second-order valence-electron chi connectivity index (χ2n) is 13.8. The lowest BCUT2D eigenvalue weighted by atomic mass is 9.93. The van der Waals surface area contributed by atoms with Gasteiger partial charge in [-0.05, 0) is 76.5 Å². The number of amides is 5. The zero-order chi connectivity index (χ0) is 37.9. The van der Waals surface area contributed by atoms with Crippen molar-refractivity contribution in [1.29, 1.82) is 0 Å². The Morgan fingerprint density at radius 1 is 0.925 bits per heavy atom. The first-order valence-corrected chi connectivity index (χ1v) is 18.9. The molecule has 2 atom stereocenters. The maximum Gasteiger partial charge on any atom is 0.409 e. The van der Waals surface area contributed by atoms with Crippen molar-refractivity contribution in [2.75, 3.05) is 52.5 Å². The molecule has 0 radical (unpaired) electrons. The fraction of sp³-hybridized carbons (Fsp3) is 0.605. The number of carbonyl (C=O) groups excluding carboxylic acids is 6. The molecule has 0 unspecified atom stereocenters. The standard InChI is InChI=1S/C38H52N6O9/c1-4-6-21-52-38(50)43-19-17-42(18-20-43)37(49)28(14-15-34(46)51-5-2)41-35(47)30-23-32(27-13-12-25(3)22-29(27)40-30)53-24-33(45)44-16-8-11-31(44)36(48)39-26-9-7-10-26/h12-13,22-23,26,28,31H,4-11,14-21,24H2,1-3H3,(H,39,48)(H,41,47)/t28-,31-/m0/s1. The Labute approximate surface area is 310 Å².